The number of hydrogen-bond donors (Lipinski definition) is 0. The van der Waals surface area contributed by atoms with Crippen LogP contribution in [0.3, 0.4) is 0 Å². The van der Waals surface area contributed by atoms with Crippen molar-refractivity contribution in [3.8, 4) is 6.07 Å². The first kappa shape index (κ1) is 21.2. The van der Waals surface area contributed by atoms with Gasteiger partial charge in [-0.1, -0.05) is 20.3 Å². The highest BCUT2D eigenvalue weighted by molar-refractivity contribution is 6.09. The van der Waals surface area contributed by atoms with Crippen molar-refractivity contribution in [2.75, 3.05) is 0 Å². The van der Waals surface area contributed by atoms with Crippen LogP contribution < -0.4 is 5.11 Å². The number of nitriles is 1. The van der Waals surface area contributed by atoms with E-state index >= 15 is 0 Å². The molecule has 1 aromatic carbocycles. The second kappa shape index (κ2) is 10.2. The number of aliphatic carboxylic acids is 1. The summed E-state index contributed by atoms with van der Waals surface area (Å²) in [5, 5.41) is 18.4. The number of rotatable bonds is 6. The van der Waals surface area contributed by atoms with E-state index in [-0.39, 0.29) is 12.2 Å². The van der Waals surface area contributed by atoms with E-state index in [1.807, 2.05) is 25.5 Å². The Kier molecular flexibility index (Phi) is 8.30. The molecule has 0 unspecified atom stereocenters. The molecule has 0 saturated carbocycles. The number of carbonyl (C=O) groups is 2. The molecule has 0 amide bonds. The summed E-state index contributed by atoms with van der Waals surface area (Å²) in [5.41, 5.74) is 4.05. The first-order valence-electron chi connectivity index (χ1n) is 8.75. The zero-order valence-corrected chi connectivity index (χ0v) is 15.8. The Hall–Kier alpha value is -2.87. The molecule has 0 aliphatic rings. The third kappa shape index (κ3) is 5.59. The van der Waals surface area contributed by atoms with E-state index in [9.17, 15) is 14.7 Å². The van der Waals surface area contributed by atoms with Gasteiger partial charge in [-0.05, 0) is 62.1 Å². The zero-order valence-electron chi connectivity index (χ0n) is 15.8. The Balaban J connectivity index is 0.000000412. The van der Waals surface area contributed by atoms with Crippen LogP contribution in [0.2, 0.25) is 0 Å². The number of nitrogens with zero attached hydrogens (tertiary/aromatic N) is 2. The van der Waals surface area contributed by atoms with Crippen LogP contribution in [0, 0.1) is 18.3 Å². The molecule has 2 aromatic rings. The highest BCUT2D eigenvalue weighted by Gasteiger charge is 2.17. The number of benzene rings is 1. The maximum Gasteiger partial charge on any atom is 0.209 e. The Morgan fingerprint density at radius 2 is 1.81 bits per heavy atom. The molecule has 2 rings (SSSR count). The summed E-state index contributed by atoms with van der Waals surface area (Å²) in [7, 11) is 1.92. The number of unbranched alkanes of at least 4 members (excludes halogenated alkanes) is 1. The molecule has 0 aliphatic carbocycles. The Labute approximate surface area is 154 Å². The summed E-state index contributed by atoms with van der Waals surface area (Å²) in [6, 6.07) is 10.9. The molecule has 5 heteroatoms. The maximum atomic E-state index is 12.5. The highest BCUT2D eigenvalue weighted by atomic mass is 16.4. The van der Waals surface area contributed by atoms with Crippen molar-refractivity contribution >= 4 is 11.8 Å². The monoisotopic (exact) mass is 353 g/mol. The predicted octanol–water partition coefficient (Wildman–Crippen LogP) is 2.93. The molecule has 0 radical (unpaired) electrons. The molecule has 0 N–H and O–H groups in total. The average molecular weight is 353 g/mol. The number of aromatic nitrogens is 1. The van der Waals surface area contributed by atoms with Crippen molar-refractivity contribution in [1.82, 2.24) is 4.57 Å². The van der Waals surface area contributed by atoms with Gasteiger partial charge in [0, 0.05) is 24.3 Å². The van der Waals surface area contributed by atoms with Gasteiger partial charge in [-0.3, -0.25) is 4.79 Å². The lowest BCUT2D eigenvalue weighted by atomic mass is 10.0. The third-order valence-electron chi connectivity index (χ3n) is 4.11. The van der Waals surface area contributed by atoms with Gasteiger partial charge < -0.3 is 14.5 Å². The minimum atomic E-state index is -0.943. The van der Waals surface area contributed by atoms with Crippen LogP contribution in [-0.2, 0) is 18.3 Å². The fourth-order valence-corrected chi connectivity index (χ4v) is 2.65. The summed E-state index contributed by atoms with van der Waals surface area (Å²) < 4.78 is 1.95. The maximum absolute atomic E-state index is 12.5. The van der Waals surface area contributed by atoms with Crippen LogP contribution in [-0.4, -0.2) is 16.3 Å². The normalized spacial score (nSPS) is 9.81. The number of aryl methyl sites for hydroxylation is 2. The molecule has 0 spiro atoms. The van der Waals surface area contributed by atoms with Gasteiger partial charge in [-0.25, -0.2) is 0 Å². The highest BCUT2D eigenvalue weighted by Crippen LogP contribution is 2.19. The quantitative estimate of drug-likeness (QED) is 0.747. The van der Waals surface area contributed by atoms with Gasteiger partial charge >= 0.3 is 0 Å². The van der Waals surface area contributed by atoms with Gasteiger partial charge in [-0.2, -0.15) is 5.26 Å². The summed E-state index contributed by atoms with van der Waals surface area (Å²) in [6.07, 6.45) is 2.77. The molecule has 138 valence electrons. The fourth-order valence-electron chi connectivity index (χ4n) is 2.65. The average Bonchev–Trinajstić information content (AvgIpc) is 2.93. The minimum Gasteiger partial charge on any atom is -0.550 e. The molecule has 1 heterocycles. The van der Waals surface area contributed by atoms with Crippen LogP contribution in [0.15, 0.2) is 30.3 Å². The van der Waals surface area contributed by atoms with Crippen molar-refractivity contribution in [2.24, 2.45) is 7.05 Å². The lowest BCUT2D eigenvalue weighted by Crippen LogP contribution is -2.21. The van der Waals surface area contributed by atoms with Gasteiger partial charge in [-0.15, -0.1) is 0 Å². The molecular formula is C21H25N2O3-. The number of ketones is 1. The third-order valence-corrected chi connectivity index (χ3v) is 4.11. The number of carbonyl (C=O) groups excluding carboxylic acids is 2. The predicted molar refractivity (Wildman–Crippen MR) is 98.6 cm³/mol. The Morgan fingerprint density at radius 1 is 1.19 bits per heavy atom. The summed E-state index contributed by atoms with van der Waals surface area (Å²) in [6.45, 7) is 5.98. The van der Waals surface area contributed by atoms with E-state index in [1.165, 1.54) is 0 Å². The van der Waals surface area contributed by atoms with E-state index in [0.29, 0.717) is 11.1 Å². The minimum absolute atomic E-state index is 0.00388. The van der Waals surface area contributed by atoms with Crippen molar-refractivity contribution in [3.05, 3.63) is 58.4 Å². The molecular weight excluding hydrogens is 328 g/mol. The van der Waals surface area contributed by atoms with E-state index < -0.39 is 5.97 Å². The van der Waals surface area contributed by atoms with E-state index in [1.54, 1.807) is 24.3 Å². The number of hydrogen-bond acceptors (Lipinski definition) is 4. The van der Waals surface area contributed by atoms with Gasteiger partial charge in [0.2, 0.25) is 5.78 Å². The van der Waals surface area contributed by atoms with Gasteiger partial charge in [0.15, 0.2) is 0 Å². The smallest absolute Gasteiger partial charge is 0.209 e. The molecule has 0 atom stereocenters. The van der Waals surface area contributed by atoms with Gasteiger partial charge in [0.05, 0.1) is 17.3 Å². The van der Waals surface area contributed by atoms with E-state index in [4.69, 9.17) is 5.26 Å². The SMILES string of the molecule is CCCCC(=O)[O-].CCc1cc(C)c(C(=O)c2ccc(C#N)cc2)n1C. The standard InChI is InChI=1S/C16H16N2O.C5H10O2/c1-4-14-9-11(2)15(18(14)3)16(19)13-7-5-12(10-17)6-8-13;1-2-3-4-5(6)7/h5-9H,4H2,1-3H3;2-4H2,1H3,(H,6,7)/p-1. The van der Waals surface area contributed by atoms with Crippen LogP contribution >= 0.6 is 0 Å². The van der Waals surface area contributed by atoms with Crippen molar-refractivity contribution in [2.45, 2.75) is 46.5 Å². The number of carboxylic acid groups (broad SMARTS) is 1. The van der Waals surface area contributed by atoms with E-state index in [0.717, 1.165) is 36.2 Å². The fraction of sp³-hybridized carbons (Fsp3) is 0.381. The Bertz CT molecular complexity index is 796. The first-order valence-corrected chi connectivity index (χ1v) is 8.75. The second-order valence-electron chi connectivity index (χ2n) is 6.07. The van der Waals surface area contributed by atoms with Crippen molar-refractivity contribution in [3.63, 3.8) is 0 Å². The van der Waals surface area contributed by atoms with Crippen LogP contribution in [0.4, 0.5) is 0 Å². The van der Waals surface area contributed by atoms with E-state index in [2.05, 4.69) is 19.1 Å². The molecule has 0 saturated heterocycles. The van der Waals surface area contributed by atoms with Crippen molar-refractivity contribution < 1.29 is 14.7 Å². The largest absolute Gasteiger partial charge is 0.550 e. The molecule has 26 heavy (non-hydrogen) atoms. The van der Waals surface area contributed by atoms with Crippen LogP contribution in [0.1, 0.15) is 66.0 Å². The molecule has 0 aliphatic heterocycles. The summed E-state index contributed by atoms with van der Waals surface area (Å²) >= 11 is 0. The lowest BCUT2D eigenvalue weighted by molar-refractivity contribution is -0.305. The second-order valence-corrected chi connectivity index (χ2v) is 6.07. The molecule has 0 fully saturated rings. The van der Waals surface area contributed by atoms with Crippen molar-refractivity contribution in [1.29, 1.82) is 5.26 Å². The van der Waals surface area contributed by atoms with Crippen LogP contribution in [0.5, 0.6) is 0 Å². The molecule has 5 nitrogen and oxygen atoms in total. The summed E-state index contributed by atoms with van der Waals surface area (Å²) in [5.74, 6) is -0.939. The lowest BCUT2D eigenvalue weighted by Gasteiger charge is -2.07. The first-order chi connectivity index (χ1) is 12.3. The molecule has 0 bridgehead atoms. The topological polar surface area (TPSA) is 85.9 Å². The van der Waals surface area contributed by atoms with Crippen LogP contribution in [0.25, 0.3) is 0 Å². The Morgan fingerprint density at radius 3 is 2.19 bits per heavy atom. The molecule has 1 aromatic heterocycles. The summed E-state index contributed by atoms with van der Waals surface area (Å²) in [4.78, 5) is 22.2. The zero-order chi connectivity index (χ0) is 19.7. The number of carboxylic acids is 1. The van der Waals surface area contributed by atoms with Gasteiger partial charge in [0.1, 0.15) is 0 Å². The van der Waals surface area contributed by atoms with Gasteiger partial charge in [0.25, 0.3) is 0 Å².